The second-order valence-corrected chi connectivity index (χ2v) is 13.9. The number of hydrogen-bond donors (Lipinski definition) is 0. The van der Waals surface area contributed by atoms with Crippen molar-refractivity contribution < 1.29 is 0 Å². The molecule has 9 rings (SSSR count). The predicted molar refractivity (Wildman–Crippen MR) is 288 cm³/mol. The van der Waals surface area contributed by atoms with E-state index in [0.29, 0.717) is 0 Å². The Hall–Kier alpha value is -6.30. The number of benzene rings is 3. The normalized spacial score (nSPS) is 15.3. The number of hydrogen-bond acceptors (Lipinski definition) is 12. The fourth-order valence-corrected chi connectivity index (χ4v) is 7.34. The summed E-state index contributed by atoms with van der Waals surface area (Å²) in [6.07, 6.45) is 11.2. The van der Waals surface area contributed by atoms with E-state index in [1.54, 1.807) is 25.0 Å². The molecule has 0 aliphatic carbocycles. The molecule has 360 valence electrons. The molecule has 3 atom stereocenters. The molecule has 66 heavy (non-hydrogen) atoms. The first kappa shape index (κ1) is 57.7. The van der Waals surface area contributed by atoms with E-state index in [4.69, 9.17) is 0 Å². The smallest absolute Gasteiger partial charge is 0.178 e. The minimum Gasteiger partial charge on any atom is -0.350 e. The average Bonchev–Trinajstić information content (AvgIpc) is 3.91. The fraction of sp³-hybridized carbons (Fsp3) is 0.444. The van der Waals surface area contributed by atoms with Crippen molar-refractivity contribution in [1.82, 2.24) is 29.9 Å². The van der Waals surface area contributed by atoms with Crippen LogP contribution in [0, 0.1) is 20.8 Å². The van der Waals surface area contributed by atoms with E-state index in [-0.39, 0.29) is 18.5 Å². The molecule has 3 aromatic heterocycles. The van der Waals surface area contributed by atoms with Crippen molar-refractivity contribution in [2.24, 2.45) is 0 Å². The monoisotopic (exact) mass is 901 g/mol. The number of nitrogens with zero attached hydrogens (tertiary/aromatic N) is 12. The molecular formula is C54H84N12. The zero-order chi connectivity index (χ0) is 50.1. The first-order valence-electron chi connectivity index (χ1n) is 24.2. The van der Waals surface area contributed by atoms with Gasteiger partial charge in [0.1, 0.15) is 42.5 Å². The lowest BCUT2D eigenvalue weighted by atomic mass is 10.1. The largest absolute Gasteiger partial charge is 0.350 e. The molecule has 6 heterocycles. The summed E-state index contributed by atoms with van der Waals surface area (Å²) in [5, 5.41) is 0. The second-order valence-electron chi connectivity index (χ2n) is 13.9. The van der Waals surface area contributed by atoms with Gasteiger partial charge < -0.3 is 29.4 Å². The lowest BCUT2D eigenvalue weighted by Gasteiger charge is -2.28. The minimum atomic E-state index is 0.225. The Morgan fingerprint density at radius 1 is 0.348 bits per heavy atom. The Balaban J connectivity index is 0.000000443. The molecule has 3 aliphatic heterocycles. The average molecular weight is 901 g/mol. The van der Waals surface area contributed by atoms with Gasteiger partial charge in [-0.15, -0.1) is 0 Å². The van der Waals surface area contributed by atoms with Gasteiger partial charge in [0.2, 0.25) is 0 Å². The van der Waals surface area contributed by atoms with E-state index in [0.717, 1.165) is 34.6 Å². The van der Waals surface area contributed by atoms with Gasteiger partial charge in [-0.25, -0.2) is 29.9 Å². The Morgan fingerprint density at radius 2 is 0.682 bits per heavy atom. The molecule has 0 unspecified atom stereocenters. The van der Waals surface area contributed by atoms with Gasteiger partial charge in [0, 0.05) is 50.6 Å². The second kappa shape index (κ2) is 30.0. The standard InChI is InChI=1S/3C14H16N4.6C2H6/c1-10-6-4-5-7-12(10)18-11(2)17(3)14-13(18)8-15-9-16-14;1-10-6-4-5-7-12(10)18-11(2)17(3)13-8-15-9-16-14(13)18;1-10-6-4-5-7-12(10)18-11(2)17(3)13-14(18)16-9-8-15-13;6*1-2/h3*4-9,11H,1-3H3;6*1-2H3/t3*11-;;;;;;/m000....../s1. The maximum atomic E-state index is 4.48. The molecular weight excluding hydrogens is 817 g/mol. The van der Waals surface area contributed by atoms with Crippen LogP contribution in [0.2, 0.25) is 0 Å². The highest BCUT2D eigenvalue weighted by molar-refractivity contribution is 5.82. The number of fused-ring (bicyclic) bond motifs is 3. The highest BCUT2D eigenvalue weighted by atomic mass is 15.5. The molecule has 6 aromatic rings. The van der Waals surface area contributed by atoms with Crippen LogP contribution >= 0.6 is 0 Å². The molecule has 0 saturated heterocycles. The van der Waals surface area contributed by atoms with Crippen LogP contribution in [0.3, 0.4) is 0 Å². The number of aromatic nitrogens is 6. The van der Waals surface area contributed by atoms with Gasteiger partial charge in [-0.3, -0.25) is 0 Å². The summed E-state index contributed by atoms with van der Waals surface area (Å²) in [6, 6.07) is 25.1. The maximum Gasteiger partial charge on any atom is 0.178 e. The Labute approximate surface area is 400 Å². The summed E-state index contributed by atoms with van der Waals surface area (Å²) in [4.78, 5) is 39.2. The van der Waals surface area contributed by atoms with Crippen LogP contribution in [0.4, 0.5) is 51.7 Å². The number of rotatable bonds is 3. The quantitative estimate of drug-likeness (QED) is 0.169. The molecule has 0 spiro atoms. The van der Waals surface area contributed by atoms with Gasteiger partial charge in [0.25, 0.3) is 0 Å². The molecule has 12 heteroatoms. The first-order valence-corrected chi connectivity index (χ1v) is 24.2. The predicted octanol–water partition coefficient (Wildman–Crippen LogP) is 14.3. The topological polar surface area (TPSA) is 96.8 Å². The van der Waals surface area contributed by atoms with Gasteiger partial charge in [-0.1, -0.05) is 138 Å². The summed E-state index contributed by atoms with van der Waals surface area (Å²) in [7, 11) is 6.19. The van der Waals surface area contributed by atoms with Gasteiger partial charge in [-0.2, -0.15) is 0 Å². The summed E-state index contributed by atoms with van der Waals surface area (Å²) >= 11 is 0. The van der Waals surface area contributed by atoms with Crippen LogP contribution in [0.25, 0.3) is 0 Å². The van der Waals surface area contributed by atoms with Crippen LogP contribution in [-0.4, -0.2) is 69.5 Å². The molecule has 3 aliphatic rings. The number of anilines is 9. The van der Waals surface area contributed by atoms with Crippen molar-refractivity contribution in [1.29, 1.82) is 0 Å². The van der Waals surface area contributed by atoms with E-state index in [9.17, 15) is 0 Å². The van der Waals surface area contributed by atoms with Crippen molar-refractivity contribution in [2.45, 2.75) is 143 Å². The maximum absolute atomic E-state index is 4.48. The molecule has 0 radical (unpaired) electrons. The molecule has 0 amide bonds. The highest BCUT2D eigenvalue weighted by Gasteiger charge is 2.36. The van der Waals surface area contributed by atoms with Crippen LogP contribution in [0.5, 0.6) is 0 Å². The lowest BCUT2D eigenvalue weighted by molar-refractivity contribution is 0.726. The van der Waals surface area contributed by atoms with Crippen molar-refractivity contribution in [3.63, 3.8) is 0 Å². The third-order valence-electron chi connectivity index (χ3n) is 10.7. The molecule has 0 fully saturated rings. The molecule has 12 nitrogen and oxygen atoms in total. The first-order chi connectivity index (χ1) is 32.1. The van der Waals surface area contributed by atoms with Gasteiger partial charge >= 0.3 is 0 Å². The summed E-state index contributed by atoms with van der Waals surface area (Å²) in [6.45, 7) is 36.9. The van der Waals surface area contributed by atoms with E-state index in [1.807, 2.05) is 95.5 Å². The zero-order valence-electron chi connectivity index (χ0n) is 44.5. The van der Waals surface area contributed by atoms with E-state index in [2.05, 4.69) is 195 Å². The summed E-state index contributed by atoms with van der Waals surface area (Å²) in [5.41, 5.74) is 9.51. The number of para-hydroxylation sites is 3. The Morgan fingerprint density at radius 3 is 1.14 bits per heavy atom. The van der Waals surface area contributed by atoms with E-state index < -0.39 is 0 Å². The Kier molecular flexibility index (Phi) is 26.2. The third kappa shape index (κ3) is 12.9. The fourth-order valence-electron chi connectivity index (χ4n) is 7.34. The Bertz CT molecular complexity index is 2000. The van der Waals surface area contributed by atoms with Crippen molar-refractivity contribution >= 4 is 51.7 Å². The minimum absolute atomic E-state index is 0.225. The van der Waals surface area contributed by atoms with Gasteiger partial charge in [-0.05, 0) is 76.4 Å². The number of aryl methyl sites for hydroxylation is 3. The molecule has 0 bridgehead atoms. The van der Waals surface area contributed by atoms with Crippen LogP contribution in [0.15, 0.2) is 110 Å². The van der Waals surface area contributed by atoms with Gasteiger partial charge in [0.15, 0.2) is 23.3 Å². The molecule has 0 saturated carbocycles. The van der Waals surface area contributed by atoms with E-state index >= 15 is 0 Å². The van der Waals surface area contributed by atoms with Crippen molar-refractivity contribution in [2.75, 3.05) is 50.5 Å². The molecule has 3 aromatic carbocycles. The molecule has 0 N–H and O–H groups in total. The van der Waals surface area contributed by atoms with Crippen LogP contribution < -0.4 is 29.4 Å². The van der Waals surface area contributed by atoms with Gasteiger partial charge in [0.05, 0.1) is 12.4 Å². The third-order valence-corrected chi connectivity index (χ3v) is 10.7. The zero-order valence-corrected chi connectivity index (χ0v) is 44.5. The summed E-state index contributed by atoms with van der Waals surface area (Å²) < 4.78 is 0. The van der Waals surface area contributed by atoms with E-state index in [1.165, 1.54) is 33.8 Å². The van der Waals surface area contributed by atoms with Crippen molar-refractivity contribution in [3.05, 3.63) is 127 Å². The highest BCUT2D eigenvalue weighted by Crippen LogP contribution is 2.44. The lowest BCUT2D eigenvalue weighted by Crippen LogP contribution is -2.36. The summed E-state index contributed by atoms with van der Waals surface area (Å²) in [5.74, 6) is 3.84. The van der Waals surface area contributed by atoms with Crippen LogP contribution in [-0.2, 0) is 0 Å². The van der Waals surface area contributed by atoms with Crippen LogP contribution in [0.1, 0.15) is 121 Å². The SMILES string of the molecule is CC.CC.CC.CC.CC.CC.Cc1ccccc1N1c2cncnc2N(C)[C@@H]1C.Cc1ccccc1N1c2nccnc2N(C)[C@@H]1C.Cc1ccccc1N1c2ncncc2N(C)[C@@H]1C. The van der Waals surface area contributed by atoms with Crippen molar-refractivity contribution in [3.8, 4) is 0 Å².